The predicted molar refractivity (Wildman–Crippen MR) is 206 cm³/mol. The standard InChI is InChI=1S/C40H70NO8P/c1-6-8-10-12-14-16-18-19-20-21-23-25-27-29-31-33-40(43)49-38(37-48-50(44,45)47-35-34-41(3,4)5)36-46-39(42)32-30-28-26-24-22-17-15-13-11-9-7-2/h8,10,14,16,19-20,23,25,29,31,38H,6-7,9,11-13,15,17-18,21-22,24,26-28,30,32-37H2,1-5H3/p+1/b10-8-,16-14-,20-19-,25-23-,31-29-. The lowest BCUT2D eigenvalue weighted by atomic mass is 10.1. The molecule has 0 amide bonds. The molecule has 9 nitrogen and oxygen atoms in total. The summed E-state index contributed by atoms with van der Waals surface area (Å²) in [4.78, 5) is 35.1. The van der Waals surface area contributed by atoms with Gasteiger partial charge in [0.2, 0.25) is 0 Å². The minimum absolute atomic E-state index is 0.00743. The Morgan fingerprint density at radius 1 is 0.640 bits per heavy atom. The first-order valence-electron chi connectivity index (χ1n) is 19.0. The van der Waals surface area contributed by atoms with Gasteiger partial charge in [0.15, 0.2) is 6.10 Å². The summed E-state index contributed by atoms with van der Waals surface area (Å²) in [5, 5.41) is 0. The Morgan fingerprint density at radius 2 is 1.12 bits per heavy atom. The largest absolute Gasteiger partial charge is 0.472 e. The fourth-order valence-electron chi connectivity index (χ4n) is 4.62. The molecule has 0 heterocycles. The molecule has 10 heteroatoms. The fraction of sp³-hybridized carbons (Fsp3) is 0.700. The zero-order valence-corrected chi connectivity index (χ0v) is 33.0. The van der Waals surface area contributed by atoms with Crippen LogP contribution in [0.1, 0.15) is 129 Å². The zero-order chi connectivity index (χ0) is 37.2. The number of likely N-dealkylation sites (N-methyl/N-ethyl adjacent to an activating group) is 1. The van der Waals surface area contributed by atoms with Crippen LogP contribution in [0.25, 0.3) is 0 Å². The van der Waals surface area contributed by atoms with Gasteiger partial charge in [-0.2, -0.15) is 0 Å². The SMILES string of the molecule is CC/C=C\C/C=C\C/C=C\C/C=C\C/C=C\CC(=O)OC(COC(=O)CCCCCCCCCCCCC)COP(=O)(O)OCC[N+](C)(C)C. The number of carbonyl (C=O) groups excluding carboxylic acids is 2. The van der Waals surface area contributed by atoms with E-state index in [0.717, 1.165) is 44.9 Å². The summed E-state index contributed by atoms with van der Waals surface area (Å²) in [6.07, 6.45) is 37.3. The van der Waals surface area contributed by atoms with Crippen molar-refractivity contribution in [2.45, 2.75) is 136 Å². The van der Waals surface area contributed by atoms with Crippen LogP contribution in [0.15, 0.2) is 60.8 Å². The van der Waals surface area contributed by atoms with Gasteiger partial charge in [0.1, 0.15) is 19.8 Å². The van der Waals surface area contributed by atoms with Gasteiger partial charge in [0.05, 0.1) is 34.2 Å². The predicted octanol–water partition coefficient (Wildman–Crippen LogP) is 10.1. The number of rotatable bonds is 33. The van der Waals surface area contributed by atoms with Crippen molar-refractivity contribution in [1.29, 1.82) is 0 Å². The van der Waals surface area contributed by atoms with Gasteiger partial charge in [-0.05, 0) is 38.5 Å². The van der Waals surface area contributed by atoms with Gasteiger partial charge < -0.3 is 18.9 Å². The lowest BCUT2D eigenvalue weighted by molar-refractivity contribution is -0.870. The Bertz CT molecular complexity index is 1040. The summed E-state index contributed by atoms with van der Waals surface area (Å²) < 4.78 is 34.0. The van der Waals surface area contributed by atoms with Crippen LogP contribution in [0, 0.1) is 0 Å². The third kappa shape index (κ3) is 35.5. The lowest BCUT2D eigenvalue weighted by Crippen LogP contribution is -2.37. The number of nitrogens with zero attached hydrogens (tertiary/aromatic N) is 1. The molecule has 0 spiro atoms. The number of hydrogen-bond acceptors (Lipinski definition) is 7. The first-order chi connectivity index (χ1) is 24.0. The normalized spacial score (nSPS) is 14.4. The van der Waals surface area contributed by atoms with Gasteiger partial charge in [-0.15, -0.1) is 0 Å². The maximum Gasteiger partial charge on any atom is 0.472 e. The Labute approximate surface area is 305 Å². The second-order valence-electron chi connectivity index (χ2n) is 13.6. The van der Waals surface area contributed by atoms with Crippen molar-refractivity contribution in [3.8, 4) is 0 Å². The highest BCUT2D eigenvalue weighted by Gasteiger charge is 2.26. The van der Waals surface area contributed by atoms with Gasteiger partial charge >= 0.3 is 19.8 Å². The number of allylic oxidation sites excluding steroid dienone is 9. The van der Waals surface area contributed by atoms with Crippen LogP contribution in [-0.4, -0.2) is 74.9 Å². The quantitative estimate of drug-likeness (QED) is 0.0234. The Morgan fingerprint density at radius 3 is 1.62 bits per heavy atom. The van der Waals surface area contributed by atoms with Crippen LogP contribution in [0.5, 0.6) is 0 Å². The number of phosphoric ester groups is 1. The van der Waals surface area contributed by atoms with Crippen molar-refractivity contribution >= 4 is 19.8 Å². The first-order valence-corrected chi connectivity index (χ1v) is 20.5. The van der Waals surface area contributed by atoms with Gasteiger partial charge in [-0.3, -0.25) is 18.6 Å². The number of esters is 2. The number of ether oxygens (including phenoxy) is 2. The molecular formula is C40H71NO8P+. The van der Waals surface area contributed by atoms with E-state index in [1.165, 1.54) is 51.4 Å². The fourth-order valence-corrected chi connectivity index (χ4v) is 5.36. The topological polar surface area (TPSA) is 108 Å². The van der Waals surface area contributed by atoms with Crippen molar-refractivity contribution < 1.29 is 42.1 Å². The molecule has 0 rings (SSSR count). The Hall–Kier alpha value is -2.29. The summed E-state index contributed by atoms with van der Waals surface area (Å²) in [5.74, 6) is -0.952. The van der Waals surface area contributed by atoms with Gasteiger partial charge in [0.25, 0.3) is 0 Å². The van der Waals surface area contributed by atoms with Gasteiger partial charge in [-0.25, -0.2) is 4.57 Å². The summed E-state index contributed by atoms with van der Waals surface area (Å²) in [6.45, 7) is 4.15. The highest BCUT2D eigenvalue weighted by Crippen LogP contribution is 2.43. The first kappa shape index (κ1) is 47.7. The van der Waals surface area contributed by atoms with Crippen molar-refractivity contribution in [3.63, 3.8) is 0 Å². The van der Waals surface area contributed by atoms with E-state index in [4.69, 9.17) is 18.5 Å². The van der Waals surface area contributed by atoms with Crippen molar-refractivity contribution in [3.05, 3.63) is 60.8 Å². The maximum atomic E-state index is 12.6. The van der Waals surface area contributed by atoms with E-state index in [9.17, 15) is 19.0 Å². The molecule has 0 radical (unpaired) electrons. The number of carbonyl (C=O) groups is 2. The molecule has 0 fully saturated rings. The number of hydrogen-bond donors (Lipinski definition) is 1. The monoisotopic (exact) mass is 724 g/mol. The lowest BCUT2D eigenvalue weighted by Gasteiger charge is -2.24. The molecule has 0 aromatic rings. The summed E-state index contributed by atoms with van der Waals surface area (Å²) in [6, 6.07) is 0. The molecule has 0 aromatic carbocycles. The summed E-state index contributed by atoms with van der Waals surface area (Å²) in [7, 11) is 1.41. The second-order valence-corrected chi connectivity index (χ2v) is 15.1. The van der Waals surface area contributed by atoms with E-state index in [1.807, 2.05) is 33.3 Å². The minimum atomic E-state index is -4.39. The molecule has 0 aliphatic heterocycles. The molecule has 2 unspecified atom stereocenters. The number of quaternary nitrogens is 1. The third-order valence-electron chi connectivity index (χ3n) is 7.60. The van der Waals surface area contributed by atoms with Crippen LogP contribution in [0.3, 0.4) is 0 Å². The van der Waals surface area contributed by atoms with Crippen molar-refractivity contribution in [2.75, 3.05) is 47.5 Å². The van der Waals surface area contributed by atoms with E-state index >= 15 is 0 Å². The van der Waals surface area contributed by atoms with E-state index in [2.05, 4.69) is 56.4 Å². The summed E-state index contributed by atoms with van der Waals surface area (Å²) in [5.41, 5.74) is 0. The van der Waals surface area contributed by atoms with Crippen LogP contribution >= 0.6 is 7.82 Å². The van der Waals surface area contributed by atoms with Crippen molar-refractivity contribution in [2.24, 2.45) is 0 Å². The summed E-state index contributed by atoms with van der Waals surface area (Å²) >= 11 is 0. The molecule has 288 valence electrons. The van der Waals surface area contributed by atoms with Gasteiger partial charge in [-0.1, -0.05) is 139 Å². The molecule has 1 N–H and O–H groups in total. The zero-order valence-electron chi connectivity index (χ0n) is 32.1. The number of unbranched alkanes of at least 4 members (excludes halogenated alkanes) is 10. The second kappa shape index (κ2) is 32.6. The third-order valence-corrected chi connectivity index (χ3v) is 8.58. The Kier molecular flexibility index (Phi) is 31.1. The molecule has 0 saturated heterocycles. The molecule has 2 atom stereocenters. The van der Waals surface area contributed by atoms with Crippen LogP contribution in [0.4, 0.5) is 0 Å². The molecule has 50 heavy (non-hydrogen) atoms. The Balaban J connectivity index is 4.61. The molecule has 0 aromatic heterocycles. The van der Waals surface area contributed by atoms with Crippen LogP contribution in [0.2, 0.25) is 0 Å². The van der Waals surface area contributed by atoms with Crippen LogP contribution < -0.4 is 0 Å². The van der Waals surface area contributed by atoms with E-state index in [0.29, 0.717) is 17.4 Å². The smallest absolute Gasteiger partial charge is 0.462 e. The highest BCUT2D eigenvalue weighted by molar-refractivity contribution is 7.47. The van der Waals surface area contributed by atoms with E-state index in [-0.39, 0.29) is 26.1 Å². The molecule has 0 saturated carbocycles. The van der Waals surface area contributed by atoms with Crippen LogP contribution in [-0.2, 0) is 32.7 Å². The molecule has 0 bridgehead atoms. The average Bonchev–Trinajstić information content (AvgIpc) is 3.06. The van der Waals surface area contributed by atoms with Crippen molar-refractivity contribution in [1.82, 2.24) is 0 Å². The molecular weight excluding hydrogens is 653 g/mol. The highest BCUT2D eigenvalue weighted by atomic mass is 31.2. The van der Waals surface area contributed by atoms with E-state index in [1.54, 1.807) is 6.08 Å². The average molecular weight is 725 g/mol. The van der Waals surface area contributed by atoms with Gasteiger partial charge in [0, 0.05) is 6.42 Å². The number of phosphoric acid groups is 1. The van der Waals surface area contributed by atoms with E-state index < -0.39 is 32.5 Å². The minimum Gasteiger partial charge on any atom is -0.462 e. The maximum absolute atomic E-state index is 12.6. The molecule has 0 aliphatic carbocycles. The molecule has 0 aliphatic rings.